The van der Waals surface area contributed by atoms with E-state index in [2.05, 4.69) is 16.3 Å². The number of aryl methyl sites for hydroxylation is 2. The maximum Gasteiger partial charge on any atom is 0.321 e. The fourth-order valence-corrected chi connectivity index (χ4v) is 3.22. The third kappa shape index (κ3) is 4.04. The summed E-state index contributed by atoms with van der Waals surface area (Å²) in [5, 5.41) is 3.01. The molecule has 0 unspecified atom stereocenters. The highest BCUT2D eigenvalue weighted by Crippen LogP contribution is 2.19. The molecular weight excluding hydrogens is 326 g/mol. The molecule has 2 aromatic rings. The van der Waals surface area contributed by atoms with Crippen LogP contribution in [0, 0.1) is 13.8 Å². The van der Waals surface area contributed by atoms with Crippen molar-refractivity contribution in [2.75, 3.05) is 36.4 Å². The molecule has 1 N–H and O–H groups in total. The van der Waals surface area contributed by atoms with Crippen molar-refractivity contribution in [3.05, 3.63) is 59.2 Å². The van der Waals surface area contributed by atoms with Crippen LogP contribution < -0.4 is 10.2 Å². The Hall–Kier alpha value is -2.82. The Balaban J connectivity index is 1.57. The highest BCUT2D eigenvalue weighted by Gasteiger charge is 2.21. The minimum Gasteiger partial charge on any atom is -0.368 e. The van der Waals surface area contributed by atoms with E-state index in [-0.39, 0.29) is 11.8 Å². The smallest absolute Gasteiger partial charge is 0.321 e. The van der Waals surface area contributed by atoms with Gasteiger partial charge in [0.2, 0.25) is 0 Å². The zero-order valence-corrected chi connectivity index (χ0v) is 15.6. The van der Waals surface area contributed by atoms with Gasteiger partial charge < -0.3 is 15.1 Å². The van der Waals surface area contributed by atoms with Gasteiger partial charge in [0, 0.05) is 43.1 Å². The van der Waals surface area contributed by atoms with E-state index in [4.69, 9.17) is 0 Å². The van der Waals surface area contributed by atoms with Crippen LogP contribution in [0.15, 0.2) is 42.5 Å². The van der Waals surface area contributed by atoms with Gasteiger partial charge in [0.25, 0.3) is 0 Å². The number of hydrogen-bond donors (Lipinski definition) is 1. The van der Waals surface area contributed by atoms with Gasteiger partial charge in [-0.25, -0.2) is 4.79 Å². The Labute approximate surface area is 154 Å². The van der Waals surface area contributed by atoms with E-state index in [9.17, 15) is 9.59 Å². The molecule has 3 rings (SSSR count). The first kappa shape index (κ1) is 18.0. The van der Waals surface area contributed by atoms with E-state index in [1.165, 1.54) is 5.56 Å². The third-order valence-electron chi connectivity index (χ3n) is 4.83. The van der Waals surface area contributed by atoms with E-state index in [0.717, 1.165) is 35.6 Å². The number of carbonyl (C=O) groups excluding carboxylic acids is 2. The van der Waals surface area contributed by atoms with Crippen molar-refractivity contribution in [2.24, 2.45) is 0 Å². The van der Waals surface area contributed by atoms with Gasteiger partial charge in [0.15, 0.2) is 5.78 Å². The van der Waals surface area contributed by atoms with Gasteiger partial charge in [-0.2, -0.15) is 0 Å². The van der Waals surface area contributed by atoms with Crippen molar-refractivity contribution < 1.29 is 9.59 Å². The van der Waals surface area contributed by atoms with E-state index in [0.29, 0.717) is 13.1 Å². The van der Waals surface area contributed by atoms with Crippen molar-refractivity contribution in [1.29, 1.82) is 0 Å². The molecule has 5 heteroatoms. The van der Waals surface area contributed by atoms with Crippen LogP contribution in [-0.2, 0) is 0 Å². The third-order valence-corrected chi connectivity index (χ3v) is 4.83. The molecule has 1 fully saturated rings. The molecule has 1 aliphatic rings. The van der Waals surface area contributed by atoms with Gasteiger partial charge in [-0.05, 0) is 56.7 Å². The monoisotopic (exact) mass is 351 g/mol. The summed E-state index contributed by atoms with van der Waals surface area (Å²) in [5.41, 5.74) is 4.93. The first-order valence-corrected chi connectivity index (χ1v) is 8.93. The number of benzene rings is 2. The molecule has 0 aromatic heterocycles. The van der Waals surface area contributed by atoms with Crippen LogP contribution in [-0.4, -0.2) is 42.9 Å². The Morgan fingerprint density at radius 3 is 2.15 bits per heavy atom. The standard InChI is InChI=1S/C21H25N3O2/c1-15-4-9-20(16(2)14-15)22-21(26)24-12-10-23(11-13-24)19-7-5-18(6-8-19)17(3)25/h4-9,14H,10-13H2,1-3H3,(H,22,26). The van der Waals surface area contributed by atoms with Crippen LogP contribution >= 0.6 is 0 Å². The second-order valence-electron chi connectivity index (χ2n) is 6.83. The minimum absolute atomic E-state index is 0.0523. The summed E-state index contributed by atoms with van der Waals surface area (Å²) in [5.74, 6) is 0.0736. The number of urea groups is 1. The molecule has 1 saturated heterocycles. The largest absolute Gasteiger partial charge is 0.368 e. The number of nitrogens with zero attached hydrogens (tertiary/aromatic N) is 2. The topological polar surface area (TPSA) is 52.7 Å². The van der Waals surface area contributed by atoms with Gasteiger partial charge in [0.05, 0.1) is 0 Å². The van der Waals surface area contributed by atoms with Crippen LogP contribution in [0.1, 0.15) is 28.4 Å². The minimum atomic E-state index is -0.0523. The summed E-state index contributed by atoms with van der Waals surface area (Å²) in [6, 6.07) is 13.6. The lowest BCUT2D eigenvalue weighted by molar-refractivity contribution is 0.101. The molecule has 2 aromatic carbocycles. The predicted octanol–water partition coefficient (Wildman–Crippen LogP) is 3.86. The van der Waals surface area contributed by atoms with Crippen molar-refractivity contribution >= 4 is 23.2 Å². The van der Waals surface area contributed by atoms with Gasteiger partial charge in [-0.15, -0.1) is 0 Å². The average Bonchev–Trinajstić information content (AvgIpc) is 2.64. The Bertz CT molecular complexity index is 807. The van der Waals surface area contributed by atoms with Crippen molar-refractivity contribution in [1.82, 2.24) is 4.90 Å². The number of anilines is 2. The highest BCUT2D eigenvalue weighted by molar-refractivity contribution is 5.94. The molecule has 0 aliphatic carbocycles. The average molecular weight is 351 g/mol. The van der Waals surface area contributed by atoms with E-state index < -0.39 is 0 Å². The molecule has 0 bridgehead atoms. The molecule has 1 aliphatic heterocycles. The summed E-state index contributed by atoms with van der Waals surface area (Å²) in [6.07, 6.45) is 0. The lowest BCUT2D eigenvalue weighted by Gasteiger charge is -2.36. The van der Waals surface area contributed by atoms with Crippen LogP contribution in [0.5, 0.6) is 0 Å². The molecule has 0 radical (unpaired) electrons. The maximum absolute atomic E-state index is 12.5. The lowest BCUT2D eigenvalue weighted by atomic mass is 10.1. The van der Waals surface area contributed by atoms with Crippen molar-refractivity contribution in [3.63, 3.8) is 0 Å². The highest BCUT2D eigenvalue weighted by atomic mass is 16.2. The first-order valence-electron chi connectivity index (χ1n) is 8.93. The first-order chi connectivity index (χ1) is 12.4. The van der Waals surface area contributed by atoms with E-state index >= 15 is 0 Å². The van der Waals surface area contributed by atoms with Gasteiger partial charge in [-0.1, -0.05) is 17.7 Å². The molecular formula is C21H25N3O2. The fourth-order valence-electron chi connectivity index (χ4n) is 3.22. The number of rotatable bonds is 3. The zero-order chi connectivity index (χ0) is 18.7. The number of carbonyl (C=O) groups is 2. The fraction of sp³-hybridized carbons (Fsp3) is 0.333. The van der Waals surface area contributed by atoms with Crippen LogP contribution in [0.4, 0.5) is 16.2 Å². The van der Waals surface area contributed by atoms with Crippen molar-refractivity contribution in [2.45, 2.75) is 20.8 Å². The van der Waals surface area contributed by atoms with Gasteiger partial charge in [-0.3, -0.25) is 4.79 Å². The second-order valence-corrected chi connectivity index (χ2v) is 6.83. The number of Topliss-reactive ketones (excluding diaryl/α,β-unsaturated/α-hetero) is 1. The number of piperazine rings is 1. The Morgan fingerprint density at radius 1 is 0.923 bits per heavy atom. The molecule has 1 heterocycles. The number of amides is 2. The summed E-state index contributed by atoms with van der Waals surface area (Å²) < 4.78 is 0. The second kappa shape index (κ2) is 7.60. The van der Waals surface area contributed by atoms with Gasteiger partial charge in [0.1, 0.15) is 0 Å². The van der Waals surface area contributed by atoms with Crippen LogP contribution in [0.25, 0.3) is 0 Å². The van der Waals surface area contributed by atoms with E-state index in [1.807, 2.05) is 55.1 Å². The summed E-state index contributed by atoms with van der Waals surface area (Å²) in [6.45, 7) is 8.52. The molecule has 0 atom stereocenters. The van der Waals surface area contributed by atoms with Crippen LogP contribution in [0.3, 0.4) is 0 Å². The molecule has 26 heavy (non-hydrogen) atoms. The Morgan fingerprint density at radius 2 is 1.58 bits per heavy atom. The molecule has 136 valence electrons. The van der Waals surface area contributed by atoms with Crippen LogP contribution in [0.2, 0.25) is 0 Å². The number of hydrogen-bond acceptors (Lipinski definition) is 3. The number of nitrogens with one attached hydrogen (secondary N) is 1. The normalized spacial score (nSPS) is 14.3. The Kier molecular flexibility index (Phi) is 5.26. The maximum atomic E-state index is 12.5. The zero-order valence-electron chi connectivity index (χ0n) is 15.6. The molecule has 0 spiro atoms. The quantitative estimate of drug-likeness (QED) is 0.855. The molecule has 2 amide bonds. The summed E-state index contributed by atoms with van der Waals surface area (Å²) >= 11 is 0. The predicted molar refractivity (Wildman–Crippen MR) is 105 cm³/mol. The lowest BCUT2D eigenvalue weighted by Crippen LogP contribution is -2.50. The molecule has 0 saturated carbocycles. The van der Waals surface area contributed by atoms with Gasteiger partial charge >= 0.3 is 6.03 Å². The van der Waals surface area contributed by atoms with E-state index in [1.54, 1.807) is 6.92 Å². The van der Waals surface area contributed by atoms with Crippen molar-refractivity contribution in [3.8, 4) is 0 Å². The molecule has 5 nitrogen and oxygen atoms in total. The summed E-state index contributed by atoms with van der Waals surface area (Å²) in [4.78, 5) is 28.0. The SMILES string of the molecule is CC(=O)c1ccc(N2CCN(C(=O)Nc3ccc(C)cc3C)CC2)cc1. The summed E-state index contributed by atoms with van der Waals surface area (Å²) in [7, 11) is 0. The number of ketones is 1.